The summed E-state index contributed by atoms with van der Waals surface area (Å²) in [7, 11) is 0. The molecule has 0 aliphatic rings. The quantitative estimate of drug-likeness (QED) is 0.597. The molecule has 0 bridgehead atoms. The van der Waals surface area contributed by atoms with Gasteiger partial charge in [0.05, 0.1) is 0 Å². The van der Waals surface area contributed by atoms with E-state index >= 15 is 0 Å². The van der Waals surface area contributed by atoms with Crippen LogP contribution in [0.3, 0.4) is 0 Å². The van der Waals surface area contributed by atoms with Crippen LogP contribution in [0.2, 0.25) is 5.15 Å². The Balaban J connectivity index is 2.45. The van der Waals surface area contributed by atoms with Crippen LogP contribution >= 0.6 is 11.6 Å². The van der Waals surface area contributed by atoms with Gasteiger partial charge >= 0.3 is 0 Å². The minimum Gasteiger partial charge on any atom is -0.310 e. The fourth-order valence-electron chi connectivity index (χ4n) is 1.17. The SMILES string of the molecule is C=CCC(C)NCc1cccnc1Cl. The number of pyridine rings is 1. The largest absolute Gasteiger partial charge is 0.310 e. The van der Waals surface area contributed by atoms with E-state index in [1.54, 1.807) is 6.20 Å². The van der Waals surface area contributed by atoms with Gasteiger partial charge in [0.1, 0.15) is 5.15 Å². The molecule has 0 radical (unpaired) electrons. The van der Waals surface area contributed by atoms with Crippen LogP contribution < -0.4 is 5.32 Å². The summed E-state index contributed by atoms with van der Waals surface area (Å²) >= 11 is 5.91. The van der Waals surface area contributed by atoms with Crippen LogP contribution in [0.4, 0.5) is 0 Å². The summed E-state index contributed by atoms with van der Waals surface area (Å²) in [5.74, 6) is 0. The van der Waals surface area contributed by atoms with E-state index in [1.807, 2.05) is 18.2 Å². The lowest BCUT2D eigenvalue weighted by molar-refractivity contribution is 0.553. The normalized spacial score (nSPS) is 12.4. The van der Waals surface area contributed by atoms with E-state index in [4.69, 9.17) is 11.6 Å². The zero-order valence-electron chi connectivity index (χ0n) is 8.33. The first-order chi connectivity index (χ1) is 6.74. The number of rotatable bonds is 5. The smallest absolute Gasteiger partial charge is 0.133 e. The highest BCUT2D eigenvalue weighted by Gasteiger charge is 2.02. The van der Waals surface area contributed by atoms with Gasteiger partial charge in [-0.25, -0.2) is 4.98 Å². The monoisotopic (exact) mass is 210 g/mol. The summed E-state index contributed by atoms with van der Waals surface area (Å²) in [6.45, 7) is 6.56. The van der Waals surface area contributed by atoms with Crippen LogP contribution in [0.25, 0.3) is 0 Å². The van der Waals surface area contributed by atoms with Crippen molar-refractivity contribution in [1.29, 1.82) is 0 Å². The van der Waals surface area contributed by atoms with Crippen LogP contribution in [-0.4, -0.2) is 11.0 Å². The molecule has 0 aromatic carbocycles. The van der Waals surface area contributed by atoms with E-state index in [-0.39, 0.29) is 0 Å². The average Bonchev–Trinajstić information content (AvgIpc) is 2.17. The van der Waals surface area contributed by atoms with Gasteiger partial charge in [-0.3, -0.25) is 0 Å². The van der Waals surface area contributed by atoms with Gasteiger partial charge in [-0.15, -0.1) is 6.58 Å². The van der Waals surface area contributed by atoms with E-state index in [0.29, 0.717) is 11.2 Å². The van der Waals surface area contributed by atoms with Crippen molar-refractivity contribution in [2.45, 2.75) is 25.9 Å². The Morgan fingerprint density at radius 3 is 3.14 bits per heavy atom. The first-order valence-electron chi connectivity index (χ1n) is 4.67. The molecule has 3 heteroatoms. The third kappa shape index (κ3) is 3.48. The molecular formula is C11H15ClN2. The molecule has 1 heterocycles. The molecule has 0 saturated carbocycles. The first-order valence-corrected chi connectivity index (χ1v) is 5.05. The molecule has 1 N–H and O–H groups in total. The van der Waals surface area contributed by atoms with Crippen LogP contribution in [0, 0.1) is 0 Å². The molecule has 0 aliphatic heterocycles. The third-order valence-corrected chi connectivity index (χ3v) is 2.34. The molecule has 1 atom stereocenters. The maximum absolute atomic E-state index is 5.91. The molecule has 0 amide bonds. The topological polar surface area (TPSA) is 24.9 Å². The predicted octanol–water partition coefficient (Wildman–Crippen LogP) is 2.79. The summed E-state index contributed by atoms with van der Waals surface area (Å²) in [5.41, 5.74) is 1.03. The molecule has 0 saturated heterocycles. The lowest BCUT2D eigenvalue weighted by atomic mass is 10.2. The van der Waals surface area contributed by atoms with E-state index in [9.17, 15) is 0 Å². The molecule has 1 rings (SSSR count). The molecule has 1 unspecified atom stereocenters. The summed E-state index contributed by atoms with van der Waals surface area (Å²) in [5, 5.41) is 3.92. The number of nitrogens with zero attached hydrogens (tertiary/aromatic N) is 1. The maximum Gasteiger partial charge on any atom is 0.133 e. The molecule has 76 valence electrons. The Kier molecular flexibility index (Phi) is 4.63. The van der Waals surface area contributed by atoms with Crippen molar-refractivity contribution in [3.63, 3.8) is 0 Å². The predicted molar refractivity (Wildman–Crippen MR) is 60.4 cm³/mol. The second-order valence-electron chi connectivity index (χ2n) is 3.26. The molecule has 0 aliphatic carbocycles. The molecule has 0 spiro atoms. The standard InChI is InChI=1S/C11H15ClN2/c1-3-5-9(2)14-8-10-6-4-7-13-11(10)12/h3-4,6-7,9,14H,1,5,8H2,2H3. The van der Waals surface area contributed by atoms with Crippen LogP contribution in [0.5, 0.6) is 0 Å². The number of hydrogen-bond donors (Lipinski definition) is 1. The number of aromatic nitrogens is 1. The van der Waals surface area contributed by atoms with E-state index in [1.165, 1.54) is 0 Å². The average molecular weight is 211 g/mol. The Hall–Kier alpha value is -0.860. The van der Waals surface area contributed by atoms with Crippen molar-refractivity contribution >= 4 is 11.6 Å². The minimum atomic E-state index is 0.420. The maximum atomic E-state index is 5.91. The number of nitrogens with one attached hydrogen (secondary N) is 1. The zero-order valence-corrected chi connectivity index (χ0v) is 9.09. The highest BCUT2D eigenvalue weighted by Crippen LogP contribution is 2.11. The fraction of sp³-hybridized carbons (Fsp3) is 0.364. The Bertz CT molecular complexity index is 299. The van der Waals surface area contributed by atoms with Gasteiger partial charge in [-0.2, -0.15) is 0 Å². The van der Waals surface area contributed by atoms with Gasteiger partial charge in [0.25, 0.3) is 0 Å². The van der Waals surface area contributed by atoms with Crippen molar-refractivity contribution < 1.29 is 0 Å². The Labute approximate surface area is 90.0 Å². The highest BCUT2D eigenvalue weighted by atomic mass is 35.5. The van der Waals surface area contributed by atoms with Crippen LogP contribution in [-0.2, 0) is 6.54 Å². The molecule has 1 aromatic heterocycles. The lowest BCUT2D eigenvalue weighted by Gasteiger charge is -2.11. The molecular weight excluding hydrogens is 196 g/mol. The van der Waals surface area contributed by atoms with Crippen molar-refractivity contribution in [2.24, 2.45) is 0 Å². The van der Waals surface area contributed by atoms with Gasteiger partial charge in [0.15, 0.2) is 0 Å². The Morgan fingerprint density at radius 2 is 2.50 bits per heavy atom. The van der Waals surface area contributed by atoms with Gasteiger partial charge in [0, 0.05) is 24.3 Å². The summed E-state index contributed by atoms with van der Waals surface area (Å²) in [6, 6.07) is 4.29. The van der Waals surface area contributed by atoms with Crippen molar-refractivity contribution in [3.05, 3.63) is 41.7 Å². The lowest BCUT2D eigenvalue weighted by Crippen LogP contribution is -2.24. The third-order valence-electron chi connectivity index (χ3n) is 2.00. The molecule has 2 nitrogen and oxygen atoms in total. The van der Waals surface area contributed by atoms with Gasteiger partial charge in [0.2, 0.25) is 0 Å². The summed E-state index contributed by atoms with van der Waals surface area (Å²) < 4.78 is 0. The van der Waals surface area contributed by atoms with Crippen molar-refractivity contribution in [2.75, 3.05) is 0 Å². The first kappa shape index (κ1) is 11.2. The van der Waals surface area contributed by atoms with E-state index in [2.05, 4.69) is 23.8 Å². The molecule has 14 heavy (non-hydrogen) atoms. The Morgan fingerprint density at radius 1 is 1.71 bits per heavy atom. The second kappa shape index (κ2) is 5.78. The van der Waals surface area contributed by atoms with Crippen LogP contribution in [0.15, 0.2) is 31.0 Å². The van der Waals surface area contributed by atoms with Crippen LogP contribution in [0.1, 0.15) is 18.9 Å². The molecule has 0 fully saturated rings. The number of hydrogen-bond acceptors (Lipinski definition) is 2. The molecule has 1 aromatic rings. The summed E-state index contributed by atoms with van der Waals surface area (Å²) in [6.07, 6.45) is 4.55. The second-order valence-corrected chi connectivity index (χ2v) is 3.62. The minimum absolute atomic E-state index is 0.420. The highest BCUT2D eigenvalue weighted by molar-refractivity contribution is 6.30. The zero-order chi connectivity index (χ0) is 10.4. The van der Waals surface area contributed by atoms with E-state index < -0.39 is 0 Å². The van der Waals surface area contributed by atoms with E-state index in [0.717, 1.165) is 18.5 Å². The fourth-order valence-corrected chi connectivity index (χ4v) is 1.35. The summed E-state index contributed by atoms with van der Waals surface area (Å²) in [4.78, 5) is 4.01. The van der Waals surface area contributed by atoms with Gasteiger partial charge in [-0.05, 0) is 19.4 Å². The van der Waals surface area contributed by atoms with Crippen molar-refractivity contribution in [1.82, 2.24) is 10.3 Å². The van der Waals surface area contributed by atoms with Gasteiger partial charge < -0.3 is 5.32 Å². The number of halogens is 1. The van der Waals surface area contributed by atoms with Gasteiger partial charge in [-0.1, -0.05) is 23.7 Å². The van der Waals surface area contributed by atoms with Crippen molar-refractivity contribution in [3.8, 4) is 0 Å².